The Hall–Kier alpha value is -3.42. The summed E-state index contributed by atoms with van der Waals surface area (Å²) in [6.07, 6.45) is 2.14. The highest BCUT2D eigenvalue weighted by Crippen LogP contribution is 2.12. The van der Waals surface area contributed by atoms with Gasteiger partial charge in [-0.2, -0.15) is 0 Å². The maximum atomic E-state index is 10.2. The summed E-state index contributed by atoms with van der Waals surface area (Å²) in [6.45, 7) is 0. The maximum Gasteiger partial charge on any atom is 0.269 e. The number of hydrogen-bond donors (Lipinski definition) is 0. The Labute approximate surface area is 137 Å². The number of non-ortho nitro benzene ring substituents is 2. The van der Waals surface area contributed by atoms with Crippen molar-refractivity contribution in [3.8, 4) is 0 Å². The molecule has 0 radical (unpaired) electrons. The van der Waals surface area contributed by atoms with E-state index in [-0.39, 0.29) is 11.4 Å². The molecule has 0 unspecified atom stereocenters. The normalized spacial score (nSPS) is 9.33. The zero-order chi connectivity index (χ0) is 17.9. The van der Waals surface area contributed by atoms with Gasteiger partial charge in [-0.3, -0.25) is 20.2 Å². The minimum absolute atomic E-state index is 0.0460. The molecule has 0 saturated heterocycles. The molecule has 0 atom stereocenters. The smallest absolute Gasteiger partial charge is 0.269 e. The summed E-state index contributed by atoms with van der Waals surface area (Å²) < 4.78 is 0. The van der Waals surface area contributed by atoms with Crippen LogP contribution in [0, 0.1) is 20.2 Å². The summed E-state index contributed by atoms with van der Waals surface area (Å²) in [7, 11) is 0. The molecule has 24 heavy (non-hydrogen) atoms. The Morgan fingerprint density at radius 1 is 0.667 bits per heavy atom. The lowest BCUT2D eigenvalue weighted by Crippen LogP contribution is -1.89. The number of rotatable bonds is 6. The summed E-state index contributed by atoms with van der Waals surface area (Å²) in [4.78, 5) is 39.6. The molecule has 0 saturated carbocycles. The molecule has 8 nitrogen and oxygen atoms in total. The van der Waals surface area contributed by atoms with E-state index >= 15 is 0 Å². The van der Waals surface area contributed by atoms with Gasteiger partial charge in [-0.15, -0.1) is 0 Å². The number of carbonyl (C=O) groups excluding carboxylic acids is 2. The van der Waals surface area contributed by atoms with Crippen molar-refractivity contribution in [2.24, 2.45) is 0 Å². The molecule has 0 aliphatic carbocycles. The van der Waals surface area contributed by atoms with Gasteiger partial charge in [-0.1, -0.05) is 24.3 Å². The number of carbonyl (C=O) groups is 2. The van der Waals surface area contributed by atoms with E-state index in [4.69, 9.17) is 0 Å². The van der Waals surface area contributed by atoms with Crippen LogP contribution in [0.15, 0.2) is 48.5 Å². The predicted octanol–water partition coefficient (Wildman–Crippen LogP) is 2.67. The minimum atomic E-state index is -0.468. The standard InChI is InChI=1S/2C8H7NO3/c2*10-6-5-7-1-3-8(4-2-7)9(11)12/h2*1-4,6H,5H2. The van der Waals surface area contributed by atoms with Gasteiger partial charge in [-0.05, 0) is 11.1 Å². The second kappa shape index (κ2) is 9.57. The van der Waals surface area contributed by atoms with Crippen LogP contribution in [-0.4, -0.2) is 22.4 Å². The summed E-state index contributed by atoms with van der Waals surface area (Å²) in [5.74, 6) is 0. The van der Waals surface area contributed by atoms with Crippen LogP contribution in [0.1, 0.15) is 11.1 Å². The zero-order valence-electron chi connectivity index (χ0n) is 12.5. The van der Waals surface area contributed by atoms with E-state index in [1.165, 1.54) is 24.3 Å². The van der Waals surface area contributed by atoms with Crippen molar-refractivity contribution in [1.82, 2.24) is 0 Å². The second-order valence-electron chi connectivity index (χ2n) is 4.59. The van der Waals surface area contributed by atoms with Gasteiger partial charge in [-0.25, -0.2) is 0 Å². The molecule has 0 heterocycles. The summed E-state index contributed by atoms with van der Waals surface area (Å²) in [6, 6.07) is 11.9. The molecular weight excluding hydrogens is 316 g/mol. The number of nitrogens with zero attached hydrogens (tertiary/aromatic N) is 2. The van der Waals surface area contributed by atoms with Gasteiger partial charge in [0, 0.05) is 37.1 Å². The quantitative estimate of drug-likeness (QED) is 0.456. The molecule has 0 aliphatic rings. The molecule has 0 N–H and O–H groups in total. The van der Waals surface area contributed by atoms with Gasteiger partial charge in [0.1, 0.15) is 12.6 Å². The molecule has 124 valence electrons. The van der Waals surface area contributed by atoms with Crippen LogP contribution in [0.25, 0.3) is 0 Å². The third kappa shape index (κ3) is 6.14. The van der Waals surface area contributed by atoms with Crippen LogP contribution in [0.5, 0.6) is 0 Å². The molecule has 2 rings (SSSR count). The van der Waals surface area contributed by atoms with Crippen molar-refractivity contribution in [1.29, 1.82) is 0 Å². The van der Waals surface area contributed by atoms with E-state index in [9.17, 15) is 29.8 Å². The molecule has 8 heteroatoms. The molecule has 0 bridgehead atoms. The van der Waals surface area contributed by atoms with Crippen molar-refractivity contribution in [3.05, 3.63) is 79.9 Å². The Balaban J connectivity index is 0.000000240. The number of nitro benzene ring substituents is 2. The first kappa shape index (κ1) is 18.6. The van der Waals surface area contributed by atoms with Crippen LogP contribution >= 0.6 is 0 Å². The average molecular weight is 330 g/mol. The van der Waals surface area contributed by atoms with E-state index in [1.807, 2.05) is 0 Å². The summed E-state index contributed by atoms with van der Waals surface area (Å²) >= 11 is 0. The first-order chi connectivity index (χ1) is 11.5. The Kier molecular flexibility index (Phi) is 7.43. The van der Waals surface area contributed by atoms with E-state index in [1.54, 1.807) is 24.3 Å². The third-order valence-electron chi connectivity index (χ3n) is 2.93. The SMILES string of the molecule is O=CCc1ccc([N+](=O)[O-])cc1.O=CCc1ccc([N+](=O)[O-])cc1. The van der Waals surface area contributed by atoms with Gasteiger partial charge in [0.15, 0.2) is 0 Å². The average Bonchev–Trinajstić information content (AvgIpc) is 2.57. The van der Waals surface area contributed by atoms with Gasteiger partial charge < -0.3 is 9.59 Å². The highest BCUT2D eigenvalue weighted by atomic mass is 16.6. The lowest BCUT2D eigenvalue weighted by Gasteiger charge is -1.93. The van der Waals surface area contributed by atoms with Crippen LogP contribution < -0.4 is 0 Å². The molecule has 2 aromatic rings. The van der Waals surface area contributed by atoms with E-state index < -0.39 is 9.85 Å². The van der Waals surface area contributed by atoms with Crippen LogP contribution in [0.2, 0.25) is 0 Å². The van der Waals surface area contributed by atoms with Crippen molar-refractivity contribution in [2.75, 3.05) is 0 Å². The Morgan fingerprint density at radius 3 is 1.17 bits per heavy atom. The highest BCUT2D eigenvalue weighted by Gasteiger charge is 2.03. The van der Waals surface area contributed by atoms with E-state index in [0.29, 0.717) is 12.8 Å². The lowest BCUT2D eigenvalue weighted by atomic mass is 10.1. The summed E-state index contributed by atoms with van der Waals surface area (Å²) in [5.41, 5.74) is 1.67. The van der Waals surface area contributed by atoms with Crippen molar-refractivity contribution in [3.63, 3.8) is 0 Å². The monoisotopic (exact) mass is 330 g/mol. The van der Waals surface area contributed by atoms with E-state index in [2.05, 4.69) is 0 Å². The maximum absolute atomic E-state index is 10.2. The first-order valence-corrected chi connectivity index (χ1v) is 6.82. The fourth-order valence-electron chi connectivity index (χ4n) is 1.70. The van der Waals surface area contributed by atoms with Gasteiger partial charge in [0.05, 0.1) is 9.85 Å². The predicted molar refractivity (Wildman–Crippen MR) is 85.7 cm³/mol. The van der Waals surface area contributed by atoms with Gasteiger partial charge in [0.2, 0.25) is 0 Å². The number of hydrogen-bond acceptors (Lipinski definition) is 6. The van der Waals surface area contributed by atoms with Crippen LogP contribution in [0.4, 0.5) is 11.4 Å². The van der Waals surface area contributed by atoms with Crippen molar-refractivity contribution in [2.45, 2.75) is 12.8 Å². The zero-order valence-corrected chi connectivity index (χ0v) is 12.5. The second-order valence-corrected chi connectivity index (χ2v) is 4.59. The molecule has 2 aromatic carbocycles. The highest BCUT2D eigenvalue weighted by molar-refractivity contribution is 5.55. The fraction of sp³-hybridized carbons (Fsp3) is 0.125. The molecule has 0 aliphatic heterocycles. The molecule has 0 fully saturated rings. The minimum Gasteiger partial charge on any atom is -0.303 e. The lowest BCUT2D eigenvalue weighted by molar-refractivity contribution is -0.385. The molecule has 0 amide bonds. The Morgan fingerprint density at radius 2 is 0.958 bits per heavy atom. The molecular formula is C16H14N2O6. The fourth-order valence-corrected chi connectivity index (χ4v) is 1.70. The Bertz CT molecular complexity index is 647. The van der Waals surface area contributed by atoms with Gasteiger partial charge >= 0.3 is 0 Å². The first-order valence-electron chi connectivity index (χ1n) is 6.82. The topological polar surface area (TPSA) is 120 Å². The summed E-state index contributed by atoms with van der Waals surface area (Å²) in [5, 5.41) is 20.4. The number of aldehydes is 2. The van der Waals surface area contributed by atoms with E-state index in [0.717, 1.165) is 23.7 Å². The van der Waals surface area contributed by atoms with Crippen LogP contribution in [0.3, 0.4) is 0 Å². The number of benzene rings is 2. The number of nitro groups is 2. The van der Waals surface area contributed by atoms with Gasteiger partial charge in [0.25, 0.3) is 11.4 Å². The molecule has 0 spiro atoms. The largest absolute Gasteiger partial charge is 0.303 e. The van der Waals surface area contributed by atoms with Crippen LogP contribution in [-0.2, 0) is 22.4 Å². The van der Waals surface area contributed by atoms with Crippen molar-refractivity contribution >= 4 is 23.9 Å². The molecule has 0 aromatic heterocycles. The van der Waals surface area contributed by atoms with Crippen molar-refractivity contribution < 1.29 is 19.4 Å². The third-order valence-corrected chi connectivity index (χ3v) is 2.93.